The average Bonchev–Trinajstić information content (AvgIpc) is 3.64. The Labute approximate surface area is 250 Å². The number of halogens is 2. The normalized spacial score (nSPS) is 11.8. The minimum Gasteiger partial charge on any atom is -0.290 e. The summed E-state index contributed by atoms with van der Waals surface area (Å²) >= 11 is 8.72. The first kappa shape index (κ1) is 23.9. The average molecular weight is 662 g/mol. The molecule has 8 rings (SSSR count). The number of benzene rings is 6. The van der Waals surface area contributed by atoms with Gasteiger partial charge in [-0.25, -0.2) is 4.98 Å². The molecule has 0 amide bonds. The van der Waals surface area contributed by atoms with Crippen LogP contribution in [0.2, 0.25) is 0 Å². The summed E-state index contributed by atoms with van der Waals surface area (Å²) in [7, 11) is 0. The van der Waals surface area contributed by atoms with E-state index in [1.54, 1.807) is 0 Å². The van der Waals surface area contributed by atoms with E-state index in [0.29, 0.717) is 0 Å². The molecule has 0 fully saturated rings. The van der Waals surface area contributed by atoms with Crippen molar-refractivity contribution < 1.29 is 0 Å². The van der Waals surface area contributed by atoms with Crippen molar-refractivity contribution in [2.45, 2.75) is 0 Å². The lowest BCUT2D eigenvalue weighted by Gasteiger charge is -2.14. The van der Waals surface area contributed by atoms with Gasteiger partial charge in [-0.3, -0.25) is 4.57 Å². The van der Waals surface area contributed by atoms with Gasteiger partial charge in [0, 0.05) is 30.8 Å². The maximum Gasteiger partial charge on any atom is 0.148 e. The van der Waals surface area contributed by atoms with E-state index in [-0.39, 0.29) is 0 Å². The number of aromatic nitrogens is 4. The quantitative estimate of drug-likeness (QED) is 0.177. The van der Waals surface area contributed by atoms with Crippen LogP contribution in [0, 0.1) is 0 Å². The molecule has 0 spiro atoms. The summed E-state index contributed by atoms with van der Waals surface area (Å²) in [5.74, 6) is 0.830. The van der Waals surface area contributed by atoms with E-state index < -0.39 is 0 Å². The van der Waals surface area contributed by atoms with E-state index in [0.717, 1.165) is 70.0 Å². The fourth-order valence-electron chi connectivity index (χ4n) is 5.68. The van der Waals surface area contributed by atoms with Gasteiger partial charge in [-0.15, -0.1) is 0 Å². The molecule has 0 aliphatic carbocycles. The molecule has 7 heteroatoms. The lowest BCUT2D eigenvalue weighted by Crippen LogP contribution is -2.00. The Hall–Kier alpha value is -3.91. The maximum absolute atomic E-state index is 5.40. The number of fused-ring (bicyclic) bond motifs is 7. The lowest BCUT2D eigenvalue weighted by molar-refractivity contribution is 1.10. The molecule has 0 atom stereocenters. The molecule has 2 heterocycles. The highest BCUT2D eigenvalue weighted by Crippen LogP contribution is 2.42. The predicted molar refractivity (Wildman–Crippen MR) is 173 cm³/mol. The van der Waals surface area contributed by atoms with Gasteiger partial charge < -0.3 is 0 Å². The van der Waals surface area contributed by atoms with Crippen LogP contribution in [0.1, 0.15) is 0 Å². The summed E-state index contributed by atoms with van der Waals surface area (Å²) in [5, 5.41) is 4.67. The van der Waals surface area contributed by atoms with Crippen molar-refractivity contribution in [2.75, 3.05) is 0 Å². The molecule has 40 heavy (non-hydrogen) atoms. The van der Waals surface area contributed by atoms with Gasteiger partial charge in [0.15, 0.2) is 0 Å². The summed E-state index contributed by atoms with van der Waals surface area (Å²) in [5.41, 5.74) is 7.90. The van der Waals surface area contributed by atoms with Crippen LogP contribution >= 0.6 is 43.6 Å². The van der Waals surface area contributed by atoms with E-state index in [1.807, 2.05) is 6.07 Å². The van der Waals surface area contributed by atoms with Crippen LogP contribution in [0.25, 0.3) is 71.8 Å². The predicted octanol–water partition coefficient (Wildman–Crippen LogP) is 10.2. The summed E-state index contributed by atoms with van der Waals surface area (Å²) in [6, 6.07) is 38.0. The Balaban J connectivity index is 1.55. The van der Waals surface area contributed by atoms with E-state index in [1.165, 1.54) is 22.5 Å². The monoisotopic (exact) mass is 660 g/mol. The van der Waals surface area contributed by atoms with Crippen LogP contribution in [0.4, 0.5) is 0 Å². The Morgan fingerprint density at radius 2 is 1.20 bits per heavy atom. The van der Waals surface area contributed by atoms with E-state index in [2.05, 4.69) is 140 Å². The van der Waals surface area contributed by atoms with Crippen LogP contribution in [0.3, 0.4) is 0 Å². The van der Waals surface area contributed by atoms with Crippen LogP contribution in [0.15, 0.2) is 118 Å². The van der Waals surface area contributed by atoms with Crippen molar-refractivity contribution in [1.29, 1.82) is 0 Å². The molecule has 0 saturated carbocycles. The largest absolute Gasteiger partial charge is 0.290 e. The van der Waals surface area contributed by atoms with Gasteiger partial charge >= 0.3 is 0 Å². The third kappa shape index (κ3) is 3.58. The van der Waals surface area contributed by atoms with Crippen LogP contribution in [0.5, 0.6) is 0 Å². The SMILES string of the molecule is Brc1ccc(-n2c(-c3ccc(-c4ccccc4)c4nsnc34)nc3c4ccccc4c4ccccc4c32)c(Br)c1. The molecule has 6 aromatic carbocycles. The number of imidazole rings is 1. The highest BCUT2D eigenvalue weighted by atomic mass is 79.9. The van der Waals surface area contributed by atoms with Gasteiger partial charge in [-0.1, -0.05) is 101 Å². The van der Waals surface area contributed by atoms with Gasteiger partial charge in [-0.05, 0) is 56.5 Å². The van der Waals surface area contributed by atoms with Crippen LogP contribution in [-0.4, -0.2) is 18.3 Å². The van der Waals surface area contributed by atoms with Gasteiger partial charge in [-0.2, -0.15) is 8.75 Å². The van der Waals surface area contributed by atoms with E-state index in [4.69, 9.17) is 13.7 Å². The molecule has 0 unspecified atom stereocenters. The molecular formula is C33H18Br2N4S. The Kier molecular flexibility index (Phi) is 5.59. The topological polar surface area (TPSA) is 43.6 Å². The standard InChI is InChI=1S/C33H18Br2N4S/c34-20-14-17-28(27(35)18-20)39-32-25-13-7-5-11-23(25)22-10-4-6-12-24(22)31(32)36-33(39)26-16-15-21(19-8-2-1-3-9-19)29-30(26)38-40-37-29/h1-18H. The second-order valence-corrected chi connectivity index (χ2v) is 11.9. The van der Waals surface area contributed by atoms with Crippen molar-refractivity contribution in [1.82, 2.24) is 18.3 Å². The summed E-state index contributed by atoms with van der Waals surface area (Å²) in [6.07, 6.45) is 0. The Bertz CT molecular complexity index is 2250. The summed E-state index contributed by atoms with van der Waals surface area (Å²) in [4.78, 5) is 5.40. The molecule has 2 aromatic heterocycles. The Morgan fingerprint density at radius 1 is 0.575 bits per heavy atom. The van der Waals surface area contributed by atoms with Gasteiger partial charge in [0.05, 0.1) is 28.4 Å². The van der Waals surface area contributed by atoms with Crippen LogP contribution in [-0.2, 0) is 0 Å². The molecule has 0 N–H and O–H groups in total. The zero-order valence-electron chi connectivity index (χ0n) is 20.8. The van der Waals surface area contributed by atoms with Crippen molar-refractivity contribution in [3.63, 3.8) is 0 Å². The van der Waals surface area contributed by atoms with Crippen molar-refractivity contribution in [2.24, 2.45) is 0 Å². The van der Waals surface area contributed by atoms with Crippen molar-refractivity contribution >= 4 is 87.2 Å². The number of hydrogen-bond donors (Lipinski definition) is 0. The minimum absolute atomic E-state index is 0.830. The molecule has 0 saturated heterocycles. The van der Waals surface area contributed by atoms with E-state index >= 15 is 0 Å². The highest BCUT2D eigenvalue weighted by molar-refractivity contribution is 9.11. The Morgan fingerprint density at radius 3 is 1.95 bits per heavy atom. The first-order chi connectivity index (χ1) is 19.7. The lowest BCUT2D eigenvalue weighted by atomic mass is 10.00. The van der Waals surface area contributed by atoms with Gasteiger partial charge in [0.25, 0.3) is 0 Å². The second kappa shape index (κ2) is 9.34. The maximum atomic E-state index is 5.40. The second-order valence-electron chi connectivity index (χ2n) is 9.64. The van der Waals surface area contributed by atoms with Crippen molar-refractivity contribution in [3.8, 4) is 28.2 Å². The van der Waals surface area contributed by atoms with E-state index in [9.17, 15) is 0 Å². The third-order valence-corrected chi connectivity index (χ3v) is 9.08. The molecule has 8 aromatic rings. The van der Waals surface area contributed by atoms with Gasteiger partial charge in [0.1, 0.15) is 16.9 Å². The summed E-state index contributed by atoms with van der Waals surface area (Å²) in [6.45, 7) is 0. The smallest absolute Gasteiger partial charge is 0.148 e. The first-order valence-corrected chi connectivity index (χ1v) is 15.1. The van der Waals surface area contributed by atoms with Crippen molar-refractivity contribution in [3.05, 3.63) is 118 Å². The molecule has 0 bridgehead atoms. The number of hydrogen-bond acceptors (Lipinski definition) is 4. The molecule has 0 aliphatic heterocycles. The zero-order chi connectivity index (χ0) is 26.8. The molecular weight excluding hydrogens is 644 g/mol. The molecule has 190 valence electrons. The van der Waals surface area contributed by atoms with Gasteiger partial charge in [0.2, 0.25) is 0 Å². The highest BCUT2D eigenvalue weighted by Gasteiger charge is 2.24. The molecule has 0 radical (unpaired) electrons. The molecule has 0 aliphatic rings. The fraction of sp³-hybridized carbons (Fsp3) is 0. The number of nitrogens with zero attached hydrogens (tertiary/aromatic N) is 4. The van der Waals surface area contributed by atoms with Crippen LogP contribution < -0.4 is 0 Å². The molecule has 4 nitrogen and oxygen atoms in total. The first-order valence-electron chi connectivity index (χ1n) is 12.8. The third-order valence-electron chi connectivity index (χ3n) is 7.42. The summed E-state index contributed by atoms with van der Waals surface area (Å²) < 4.78 is 13.8. The minimum atomic E-state index is 0.830. The fourth-order valence-corrected chi connectivity index (χ4v) is 7.48. The number of rotatable bonds is 3. The zero-order valence-corrected chi connectivity index (χ0v) is 24.8.